The van der Waals surface area contributed by atoms with E-state index in [0.717, 1.165) is 37.3 Å². The van der Waals surface area contributed by atoms with Crippen molar-refractivity contribution in [3.8, 4) is 5.82 Å². The van der Waals surface area contributed by atoms with E-state index in [0.29, 0.717) is 36.5 Å². The van der Waals surface area contributed by atoms with Gasteiger partial charge in [-0.2, -0.15) is 9.97 Å². The first kappa shape index (κ1) is 27.2. The molecule has 3 aromatic heterocycles. The van der Waals surface area contributed by atoms with E-state index in [9.17, 15) is 13.6 Å². The van der Waals surface area contributed by atoms with Crippen LogP contribution in [0.1, 0.15) is 49.7 Å². The number of halogens is 2. The lowest BCUT2D eigenvalue weighted by atomic mass is 9.84. The highest BCUT2D eigenvalue weighted by Gasteiger charge is 2.25. The Bertz CT molecular complexity index is 1390. The van der Waals surface area contributed by atoms with Crippen molar-refractivity contribution in [3.63, 3.8) is 0 Å². The smallest absolute Gasteiger partial charge is 0.242 e. The molecule has 0 saturated heterocycles. The molecule has 1 aromatic carbocycles. The van der Waals surface area contributed by atoms with Crippen LogP contribution in [-0.4, -0.2) is 36.5 Å². The predicted molar refractivity (Wildman–Crippen MR) is 148 cm³/mol. The van der Waals surface area contributed by atoms with E-state index in [1.807, 2.05) is 12.1 Å². The number of pyridine rings is 1. The van der Waals surface area contributed by atoms with Crippen LogP contribution in [0.4, 0.5) is 20.5 Å². The average molecular weight is 547 g/mol. The maximum absolute atomic E-state index is 14.2. The Morgan fingerprint density at radius 3 is 2.65 bits per heavy atom. The van der Waals surface area contributed by atoms with Gasteiger partial charge in [0.2, 0.25) is 11.9 Å². The average Bonchev–Trinajstić information content (AvgIpc) is 3.52. The van der Waals surface area contributed by atoms with Crippen molar-refractivity contribution in [2.75, 3.05) is 10.6 Å². The normalized spacial score (nSPS) is 14.4. The van der Waals surface area contributed by atoms with Crippen molar-refractivity contribution in [1.29, 1.82) is 0 Å². The summed E-state index contributed by atoms with van der Waals surface area (Å²) in [6, 6.07) is 8.31. The van der Waals surface area contributed by atoms with Gasteiger partial charge >= 0.3 is 0 Å². The molecule has 1 fully saturated rings. The Hall–Kier alpha value is -4.41. The molecular weight excluding hydrogens is 514 g/mol. The second-order valence-electron chi connectivity index (χ2n) is 10.0. The number of nitrogens with zero attached hydrogens (tertiary/aromatic N) is 5. The maximum atomic E-state index is 14.2. The zero-order chi connectivity index (χ0) is 27.7. The molecule has 4 aromatic rings. The summed E-state index contributed by atoms with van der Waals surface area (Å²) in [6.07, 6.45) is 14.8. The fraction of sp³-hybridized carbons (Fsp3) is 0.345. The Kier molecular flexibility index (Phi) is 8.89. The van der Waals surface area contributed by atoms with Crippen LogP contribution in [0.25, 0.3) is 5.82 Å². The van der Waals surface area contributed by atoms with Crippen LogP contribution in [0, 0.1) is 17.6 Å². The largest absolute Gasteiger partial charge is 0.358 e. The maximum Gasteiger partial charge on any atom is 0.242 e. The lowest BCUT2D eigenvalue weighted by molar-refractivity contribution is -0.122. The van der Waals surface area contributed by atoms with Gasteiger partial charge in [-0.1, -0.05) is 44.2 Å². The molecule has 0 unspecified atom stereocenters. The van der Waals surface area contributed by atoms with E-state index >= 15 is 0 Å². The van der Waals surface area contributed by atoms with Gasteiger partial charge in [-0.3, -0.25) is 14.3 Å². The summed E-state index contributed by atoms with van der Waals surface area (Å²) in [4.78, 5) is 31.0. The Balaban J connectivity index is 1.36. The third kappa shape index (κ3) is 7.37. The van der Waals surface area contributed by atoms with Crippen LogP contribution >= 0.6 is 0 Å². The molecule has 1 saturated carbocycles. The van der Waals surface area contributed by atoms with E-state index in [2.05, 4.69) is 35.9 Å². The summed E-state index contributed by atoms with van der Waals surface area (Å²) in [5, 5.41) is 9.39. The summed E-state index contributed by atoms with van der Waals surface area (Å²) < 4.78 is 29.3. The molecule has 0 spiro atoms. The number of rotatable bonds is 11. The van der Waals surface area contributed by atoms with Crippen molar-refractivity contribution in [3.05, 3.63) is 90.3 Å². The fourth-order valence-corrected chi connectivity index (χ4v) is 4.93. The second kappa shape index (κ2) is 13.1. The predicted octanol–water partition coefficient (Wildman–Crippen LogP) is 5.01. The number of hydrogen-bond donors (Lipinski definition) is 3. The zero-order valence-corrected chi connectivity index (χ0v) is 22.1. The number of amides is 1. The second-order valence-corrected chi connectivity index (χ2v) is 10.0. The topological polar surface area (TPSA) is 110 Å². The fourth-order valence-electron chi connectivity index (χ4n) is 4.93. The van der Waals surface area contributed by atoms with Crippen LogP contribution < -0.4 is 16.0 Å². The molecule has 3 N–H and O–H groups in total. The standard InChI is InChI=1S/C29H32F2N8O/c30-23-9-8-22(24(31)14-23)18-34-28(40)25(13-20-5-2-1-3-6-20)36-26-15-27(39-12-11-33-19-39)38-29(37-26)35-17-21-7-4-10-32-16-21/h4,7-12,14-16,19-20,25H,1-3,5-6,13,17-18H2,(H,34,40)(H2,35,36,37,38)/t25-/m1/s1. The number of aromatic nitrogens is 5. The van der Waals surface area contributed by atoms with Crippen molar-refractivity contribution < 1.29 is 13.6 Å². The molecule has 0 aliphatic heterocycles. The minimum absolute atomic E-state index is 0.0459. The molecule has 11 heteroatoms. The van der Waals surface area contributed by atoms with E-state index in [1.54, 1.807) is 41.7 Å². The van der Waals surface area contributed by atoms with Crippen LogP contribution in [0.15, 0.2) is 67.5 Å². The first-order valence-electron chi connectivity index (χ1n) is 13.5. The summed E-state index contributed by atoms with van der Waals surface area (Å²) in [5.41, 5.74) is 1.19. The van der Waals surface area contributed by atoms with E-state index < -0.39 is 17.7 Å². The molecule has 1 atom stereocenters. The van der Waals surface area contributed by atoms with Gasteiger partial charge in [-0.05, 0) is 30.0 Å². The number of imidazole rings is 1. The van der Waals surface area contributed by atoms with Crippen LogP contribution in [0.2, 0.25) is 0 Å². The number of hydrogen-bond acceptors (Lipinski definition) is 7. The van der Waals surface area contributed by atoms with Gasteiger partial charge in [0.05, 0.1) is 0 Å². The van der Waals surface area contributed by atoms with Crippen molar-refractivity contribution >= 4 is 17.7 Å². The first-order valence-corrected chi connectivity index (χ1v) is 13.5. The van der Waals surface area contributed by atoms with E-state index in [4.69, 9.17) is 0 Å². The minimum Gasteiger partial charge on any atom is -0.358 e. The summed E-state index contributed by atoms with van der Waals surface area (Å²) >= 11 is 0. The number of anilines is 2. The third-order valence-corrected chi connectivity index (χ3v) is 7.06. The summed E-state index contributed by atoms with van der Waals surface area (Å²) in [6.45, 7) is 0.422. The third-order valence-electron chi connectivity index (χ3n) is 7.06. The number of nitrogens with one attached hydrogen (secondary N) is 3. The van der Waals surface area contributed by atoms with Gasteiger partial charge in [0.15, 0.2) is 0 Å². The Morgan fingerprint density at radius 1 is 1.02 bits per heavy atom. The van der Waals surface area contributed by atoms with Crippen LogP contribution in [0.5, 0.6) is 0 Å². The number of carbonyl (C=O) groups is 1. The van der Waals surface area contributed by atoms with Gasteiger partial charge in [-0.15, -0.1) is 0 Å². The molecule has 40 heavy (non-hydrogen) atoms. The van der Waals surface area contributed by atoms with Gasteiger partial charge in [-0.25, -0.2) is 13.8 Å². The van der Waals surface area contributed by atoms with E-state index in [1.165, 1.54) is 18.6 Å². The van der Waals surface area contributed by atoms with Crippen molar-refractivity contribution in [2.45, 2.75) is 57.7 Å². The highest BCUT2D eigenvalue weighted by molar-refractivity contribution is 5.84. The van der Waals surface area contributed by atoms with Crippen molar-refractivity contribution in [2.24, 2.45) is 5.92 Å². The molecule has 3 heterocycles. The molecule has 1 aliphatic rings. The lowest BCUT2D eigenvalue weighted by Crippen LogP contribution is -2.41. The van der Waals surface area contributed by atoms with Gasteiger partial charge < -0.3 is 16.0 Å². The number of carbonyl (C=O) groups excluding carboxylic acids is 1. The molecule has 1 amide bonds. The first-order chi connectivity index (χ1) is 19.5. The minimum atomic E-state index is -0.692. The molecule has 9 nitrogen and oxygen atoms in total. The molecular formula is C29H32F2N8O. The number of benzene rings is 1. The Morgan fingerprint density at radius 2 is 1.90 bits per heavy atom. The van der Waals surface area contributed by atoms with Gasteiger partial charge in [0, 0.05) is 55.6 Å². The van der Waals surface area contributed by atoms with Gasteiger partial charge in [0.25, 0.3) is 0 Å². The van der Waals surface area contributed by atoms with Gasteiger partial charge in [0.1, 0.15) is 35.6 Å². The zero-order valence-electron chi connectivity index (χ0n) is 22.1. The lowest BCUT2D eigenvalue weighted by Gasteiger charge is -2.27. The highest BCUT2D eigenvalue weighted by Crippen LogP contribution is 2.28. The van der Waals surface area contributed by atoms with Crippen molar-refractivity contribution in [1.82, 2.24) is 29.8 Å². The highest BCUT2D eigenvalue weighted by atomic mass is 19.1. The molecule has 0 bridgehead atoms. The van der Waals surface area contributed by atoms with Crippen LogP contribution in [-0.2, 0) is 17.9 Å². The SMILES string of the molecule is O=C(NCc1ccc(F)cc1F)[C@@H](CC1CCCCC1)Nc1cc(-n2ccnc2)nc(NCc2cccnc2)n1. The molecule has 5 rings (SSSR count). The summed E-state index contributed by atoms with van der Waals surface area (Å²) in [5.74, 6) is 0.185. The monoisotopic (exact) mass is 546 g/mol. The van der Waals surface area contributed by atoms with E-state index in [-0.39, 0.29) is 18.0 Å². The quantitative estimate of drug-likeness (QED) is 0.242. The van der Waals surface area contributed by atoms with Crippen LogP contribution in [0.3, 0.4) is 0 Å². The molecule has 208 valence electrons. The Labute approximate surface area is 231 Å². The molecule has 1 aliphatic carbocycles. The molecule has 0 radical (unpaired) electrons. The summed E-state index contributed by atoms with van der Waals surface area (Å²) in [7, 11) is 0.